The fourth-order valence-electron chi connectivity index (χ4n) is 4.66. The maximum atomic E-state index is 13.6. The summed E-state index contributed by atoms with van der Waals surface area (Å²) in [5.41, 5.74) is 6.26. The molecule has 1 fully saturated rings. The van der Waals surface area contributed by atoms with Crippen LogP contribution >= 0.6 is 7.14 Å². The van der Waals surface area contributed by atoms with Crippen LogP contribution in [-0.2, 0) is 4.57 Å². The van der Waals surface area contributed by atoms with Gasteiger partial charge in [0.25, 0.3) is 0 Å². The lowest BCUT2D eigenvalue weighted by molar-refractivity contribution is 0.488. The van der Waals surface area contributed by atoms with Crippen molar-refractivity contribution < 1.29 is 4.57 Å². The third-order valence-corrected chi connectivity index (χ3v) is 9.33. The number of hydrogen-bond acceptors (Lipinski definition) is 2. The van der Waals surface area contributed by atoms with E-state index in [-0.39, 0.29) is 0 Å². The molecular formula is C22H33N2OP. The Labute approximate surface area is 158 Å². The molecule has 1 saturated carbocycles. The van der Waals surface area contributed by atoms with Crippen molar-refractivity contribution in [2.24, 2.45) is 0 Å². The molecule has 2 aromatic rings. The van der Waals surface area contributed by atoms with E-state index in [9.17, 15) is 4.57 Å². The zero-order valence-electron chi connectivity index (χ0n) is 17.2. The van der Waals surface area contributed by atoms with Crippen LogP contribution in [0.25, 0.3) is 5.69 Å². The van der Waals surface area contributed by atoms with Gasteiger partial charge in [-0.1, -0.05) is 33.1 Å². The highest BCUT2D eigenvalue weighted by molar-refractivity contribution is 7.71. The molecule has 3 nitrogen and oxygen atoms in total. The van der Waals surface area contributed by atoms with Gasteiger partial charge in [0.15, 0.2) is 0 Å². The second kappa shape index (κ2) is 7.35. The Hall–Kier alpha value is -1.34. The van der Waals surface area contributed by atoms with Crippen LogP contribution in [-0.4, -0.2) is 22.1 Å². The number of rotatable bonds is 4. The smallest absolute Gasteiger partial charge is 0.115 e. The van der Waals surface area contributed by atoms with Crippen LogP contribution in [0.15, 0.2) is 18.2 Å². The van der Waals surface area contributed by atoms with Crippen LogP contribution in [0.2, 0.25) is 0 Å². The molecule has 1 aromatic carbocycles. The van der Waals surface area contributed by atoms with E-state index >= 15 is 0 Å². The molecule has 1 atom stereocenters. The monoisotopic (exact) mass is 372 g/mol. The lowest BCUT2D eigenvalue weighted by Crippen LogP contribution is -2.20. The summed E-state index contributed by atoms with van der Waals surface area (Å²) < 4.78 is 15.6. The summed E-state index contributed by atoms with van der Waals surface area (Å²) in [7, 11) is -2.32. The maximum Gasteiger partial charge on any atom is 0.115 e. The van der Waals surface area contributed by atoms with E-state index in [4.69, 9.17) is 5.10 Å². The Kier molecular flexibility index (Phi) is 5.49. The van der Waals surface area contributed by atoms with Gasteiger partial charge in [-0.05, 0) is 75.5 Å². The predicted molar refractivity (Wildman–Crippen MR) is 112 cm³/mol. The summed E-state index contributed by atoms with van der Waals surface area (Å²) in [4.78, 5) is 0. The van der Waals surface area contributed by atoms with Crippen LogP contribution in [0.1, 0.15) is 74.4 Å². The Morgan fingerprint density at radius 3 is 2.31 bits per heavy atom. The van der Waals surface area contributed by atoms with Gasteiger partial charge < -0.3 is 4.57 Å². The van der Waals surface area contributed by atoms with Gasteiger partial charge in [0, 0.05) is 16.7 Å². The molecule has 4 heteroatoms. The standard InChI is InChI=1S/C22H33N2OP/c1-15(2)22-17(4)23-24(18(22)5)21-13-12-20(14-16(21)3)26(6,25)19-10-8-7-9-11-19/h12-15,19H,7-11H2,1-6H3. The van der Waals surface area contributed by atoms with Gasteiger partial charge in [0.2, 0.25) is 0 Å². The molecule has 1 aliphatic carbocycles. The predicted octanol–water partition coefficient (Wildman–Crippen LogP) is 5.87. The molecule has 0 spiro atoms. The molecule has 1 unspecified atom stereocenters. The molecule has 0 N–H and O–H groups in total. The first-order valence-electron chi connectivity index (χ1n) is 9.98. The Morgan fingerprint density at radius 1 is 1.12 bits per heavy atom. The normalized spacial score (nSPS) is 18.3. The van der Waals surface area contributed by atoms with Gasteiger partial charge in [-0.2, -0.15) is 5.10 Å². The number of hydrogen-bond donors (Lipinski definition) is 0. The molecule has 1 aromatic heterocycles. The number of benzene rings is 1. The molecule has 0 bridgehead atoms. The molecule has 1 aliphatic rings. The largest absolute Gasteiger partial charge is 0.319 e. The van der Waals surface area contributed by atoms with E-state index in [1.54, 1.807) is 0 Å². The lowest BCUT2D eigenvalue weighted by Gasteiger charge is -2.28. The van der Waals surface area contributed by atoms with Gasteiger partial charge in [0.1, 0.15) is 7.14 Å². The van der Waals surface area contributed by atoms with Crippen molar-refractivity contribution in [3.8, 4) is 5.69 Å². The van der Waals surface area contributed by atoms with Crippen molar-refractivity contribution in [1.82, 2.24) is 9.78 Å². The summed E-state index contributed by atoms with van der Waals surface area (Å²) >= 11 is 0. The molecule has 142 valence electrons. The highest BCUT2D eigenvalue weighted by atomic mass is 31.2. The van der Waals surface area contributed by atoms with Crippen molar-refractivity contribution in [2.45, 2.75) is 78.3 Å². The average Bonchev–Trinajstić information content (AvgIpc) is 2.90. The summed E-state index contributed by atoms with van der Waals surface area (Å²) in [6, 6.07) is 6.35. The molecule has 26 heavy (non-hydrogen) atoms. The van der Waals surface area contributed by atoms with Crippen molar-refractivity contribution in [3.63, 3.8) is 0 Å². The maximum absolute atomic E-state index is 13.6. The summed E-state index contributed by atoms with van der Waals surface area (Å²) in [6.45, 7) is 12.8. The fraction of sp³-hybridized carbons (Fsp3) is 0.591. The molecule has 3 rings (SSSR count). The van der Waals surface area contributed by atoms with Crippen molar-refractivity contribution in [2.75, 3.05) is 6.66 Å². The van der Waals surface area contributed by atoms with Gasteiger partial charge in [-0.15, -0.1) is 0 Å². The summed E-state index contributed by atoms with van der Waals surface area (Å²) in [5.74, 6) is 0.463. The first-order chi connectivity index (χ1) is 12.2. The van der Waals surface area contributed by atoms with Crippen LogP contribution in [0, 0.1) is 20.8 Å². The van der Waals surface area contributed by atoms with Gasteiger partial charge in [-0.25, -0.2) is 4.68 Å². The number of aromatic nitrogens is 2. The topological polar surface area (TPSA) is 34.9 Å². The molecule has 0 saturated heterocycles. The van der Waals surface area contributed by atoms with Crippen LogP contribution in [0.4, 0.5) is 0 Å². The minimum Gasteiger partial charge on any atom is -0.319 e. The first-order valence-corrected chi connectivity index (χ1v) is 12.2. The van der Waals surface area contributed by atoms with Gasteiger partial charge in [0.05, 0.1) is 11.4 Å². The van der Waals surface area contributed by atoms with Crippen LogP contribution < -0.4 is 5.30 Å². The fourth-order valence-corrected chi connectivity index (χ4v) is 7.26. The van der Waals surface area contributed by atoms with E-state index in [1.165, 1.54) is 30.5 Å². The second-order valence-electron chi connectivity index (χ2n) is 8.40. The van der Waals surface area contributed by atoms with Crippen molar-refractivity contribution in [1.29, 1.82) is 0 Å². The van der Waals surface area contributed by atoms with E-state index in [1.807, 2.05) is 6.66 Å². The lowest BCUT2D eigenvalue weighted by atomic mass is 10.0. The first kappa shape index (κ1) is 19.4. The number of nitrogens with zero attached hydrogens (tertiary/aromatic N) is 2. The zero-order chi connectivity index (χ0) is 19.1. The highest BCUT2D eigenvalue weighted by Crippen LogP contribution is 2.51. The minimum atomic E-state index is -2.32. The highest BCUT2D eigenvalue weighted by Gasteiger charge is 2.31. The zero-order valence-corrected chi connectivity index (χ0v) is 18.1. The second-order valence-corrected chi connectivity index (χ2v) is 11.6. The van der Waals surface area contributed by atoms with Crippen molar-refractivity contribution >= 4 is 12.4 Å². The summed E-state index contributed by atoms with van der Waals surface area (Å²) in [5, 5.41) is 5.83. The average molecular weight is 372 g/mol. The summed E-state index contributed by atoms with van der Waals surface area (Å²) in [6.07, 6.45) is 5.98. The van der Waals surface area contributed by atoms with Gasteiger partial charge >= 0.3 is 0 Å². The van der Waals surface area contributed by atoms with E-state index in [0.717, 1.165) is 35.1 Å². The minimum absolute atomic E-state index is 0.364. The Balaban J connectivity index is 1.98. The van der Waals surface area contributed by atoms with Crippen molar-refractivity contribution in [3.05, 3.63) is 40.7 Å². The van der Waals surface area contributed by atoms with E-state index in [2.05, 4.69) is 57.5 Å². The molecule has 0 radical (unpaired) electrons. The number of aryl methyl sites for hydroxylation is 2. The van der Waals surface area contributed by atoms with E-state index in [0.29, 0.717) is 11.6 Å². The SMILES string of the molecule is Cc1cc(P(C)(=O)C2CCCCC2)ccc1-n1nc(C)c(C(C)C)c1C. The molecule has 1 heterocycles. The Morgan fingerprint density at radius 2 is 1.77 bits per heavy atom. The van der Waals surface area contributed by atoms with E-state index < -0.39 is 7.14 Å². The quantitative estimate of drug-likeness (QED) is 0.629. The Bertz CT molecular complexity index is 844. The molecular weight excluding hydrogens is 339 g/mol. The third-order valence-electron chi connectivity index (χ3n) is 6.12. The molecule has 0 aliphatic heterocycles. The third kappa shape index (κ3) is 3.43. The van der Waals surface area contributed by atoms with Crippen LogP contribution in [0.5, 0.6) is 0 Å². The molecule has 0 amide bonds. The van der Waals surface area contributed by atoms with Crippen LogP contribution in [0.3, 0.4) is 0 Å². The van der Waals surface area contributed by atoms with Gasteiger partial charge in [-0.3, -0.25) is 0 Å².